The van der Waals surface area contributed by atoms with E-state index in [0.717, 1.165) is 24.8 Å². The zero-order valence-corrected chi connectivity index (χ0v) is 12.1. The molecule has 0 heterocycles. The van der Waals surface area contributed by atoms with Crippen LogP contribution in [0, 0.1) is 11.3 Å². The largest absolute Gasteiger partial charge is 0.392 e. The molecule has 2 aliphatic carbocycles. The van der Waals surface area contributed by atoms with Gasteiger partial charge in [0.15, 0.2) is 0 Å². The van der Waals surface area contributed by atoms with Gasteiger partial charge in [-0.25, -0.2) is 0 Å². The number of aliphatic hydroxyl groups excluding tert-OH is 1. The first-order chi connectivity index (χ1) is 8.48. The molecule has 0 aliphatic heterocycles. The highest BCUT2D eigenvalue weighted by molar-refractivity contribution is 5.33. The van der Waals surface area contributed by atoms with Gasteiger partial charge in [0, 0.05) is 12.5 Å². The summed E-state index contributed by atoms with van der Waals surface area (Å²) >= 11 is 0. The number of ether oxygens (including phenoxy) is 1. The summed E-state index contributed by atoms with van der Waals surface area (Å²) in [6, 6.07) is 0. The molecular weight excluding hydrogens is 224 g/mol. The minimum absolute atomic E-state index is 0.107. The molecule has 0 amide bonds. The summed E-state index contributed by atoms with van der Waals surface area (Å²) < 4.78 is 6.03. The summed E-state index contributed by atoms with van der Waals surface area (Å²) in [6.07, 6.45) is 8.62. The fourth-order valence-electron chi connectivity index (χ4n) is 3.71. The molecule has 0 bridgehead atoms. The molecule has 2 atom stereocenters. The topological polar surface area (TPSA) is 29.5 Å². The molecule has 0 aromatic heterocycles. The lowest BCUT2D eigenvalue weighted by Crippen LogP contribution is -2.46. The predicted molar refractivity (Wildman–Crippen MR) is 74.4 cm³/mol. The van der Waals surface area contributed by atoms with Crippen molar-refractivity contribution in [3.8, 4) is 0 Å². The van der Waals surface area contributed by atoms with Crippen LogP contribution in [0.2, 0.25) is 0 Å². The van der Waals surface area contributed by atoms with Gasteiger partial charge in [-0.05, 0) is 42.7 Å². The van der Waals surface area contributed by atoms with E-state index in [9.17, 15) is 5.11 Å². The maximum absolute atomic E-state index is 9.18. The molecule has 0 unspecified atom stereocenters. The maximum atomic E-state index is 9.18. The minimum Gasteiger partial charge on any atom is -0.392 e. The Morgan fingerprint density at radius 2 is 2.06 bits per heavy atom. The zero-order valence-electron chi connectivity index (χ0n) is 12.1. The van der Waals surface area contributed by atoms with Crippen LogP contribution < -0.4 is 0 Å². The van der Waals surface area contributed by atoms with Crippen molar-refractivity contribution in [1.82, 2.24) is 0 Å². The third kappa shape index (κ3) is 1.86. The van der Waals surface area contributed by atoms with Crippen LogP contribution in [0.5, 0.6) is 0 Å². The Morgan fingerprint density at radius 1 is 1.33 bits per heavy atom. The lowest BCUT2D eigenvalue weighted by Gasteiger charge is -2.45. The summed E-state index contributed by atoms with van der Waals surface area (Å²) in [6.45, 7) is 7.18. The predicted octanol–water partition coefficient (Wildman–Crippen LogP) is 3.47. The van der Waals surface area contributed by atoms with E-state index in [0.29, 0.717) is 5.92 Å². The Balaban J connectivity index is 2.28. The number of methoxy groups -OCH3 is 1. The fourth-order valence-corrected chi connectivity index (χ4v) is 3.71. The highest BCUT2D eigenvalue weighted by Crippen LogP contribution is 2.56. The van der Waals surface area contributed by atoms with Crippen LogP contribution in [0.15, 0.2) is 23.3 Å². The summed E-state index contributed by atoms with van der Waals surface area (Å²) in [4.78, 5) is 0. The van der Waals surface area contributed by atoms with Gasteiger partial charge in [0.25, 0.3) is 0 Å². The van der Waals surface area contributed by atoms with Crippen LogP contribution >= 0.6 is 0 Å². The number of hydrogen-bond donors (Lipinski definition) is 1. The van der Waals surface area contributed by atoms with Crippen LogP contribution in [0.3, 0.4) is 0 Å². The van der Waals surface area contributed by atoms with Gasteiger partial charge in [-0.15, -0.1) is 0 Å². The van der Waals surface area contributed by atoms with Crippen molar-refractivity contribution in [2.45, 2.75) is 52.1 Å². The first kappa shape index (κ1) is 13.8. The lowest BCUT2D eigenvalue weighted by atomic mass is 9.67. The average molecular weight is 250 g/mol. The lowest BCUT2D eigenvalue weighted by molar-refractivity contribution is -0.0616. The van der Waals surface area contributed by atoms with Crippen molar-refractivity contribution in [1.29, 1.82) is 0 Å². The smallest absolute Gasteiger partial charge is 0.0944 e. The van der Waals surface area contributed by atoms with Gasteiger partial charge < -0.3 is 9.84 Å². The van der Waals surface area contributed by atoms with Gasteiger partial charge in [0.1, 0.15) is 0 Å². The van der Waals surface area contributed by atoms with Crippen LogP contribution in [-0.2, 0) is 4.74 Å². The van der Waals surface area contributed by atoms with Gasteiger partial charge in [0.05, 0.1) is 12.2 Å². The standard InChI is InChI=1S/C16H26O2/c1-12-9-10-16(18-4,15(12,2)3)14-7-5-13(11-17)6-8-14/h5,8,12,17H,6-7,9-11H2,1-4H3/t12-,16+/m0/s1. The Kier molecular flexibility index (Phi) is 3.70. The molecule has 2 nitrogen and oxygen atoms in total. The van der Waals surface area contributed by atoms with Crippen LogP contribution in [0.1, 0.15) is 46.5 Å². The highest BCUT2D eigenvalue weighted by Gasteiger charge is 2.55. The number of aliphatic hydroxyl groups is 1. The van der Waals surface area contributed by atoms with Crippen molar-refractivity contribution in [3.05, 3.63) is 23.3 Å². The molecule has 2 aliphatic rings. The van der Waals surface area contributed by atoms with Gasteiger partial charge in [-0.3, -0.25) is 0 Å². The summed E-state index contributed by atoms with van der Waals surface area (Å²) in [5.41, 5.74) is 2.62. The molecule has 102 valence electrons. The van der Waals surface area contributed by atoms with E-state index in [1.807, 2.05) is 7.11 Å². The molecule has 0 radical (unpaired) electrons. The van der Waals surface area contributed by atoms with E-state index in [4.69, 9.17) is 4.74 Å². The van der Waals surface area contributed by atoms with E-state index in [-0.39, 0.29) is 17.6 Å². The number of rotatable bonds is 3. The van der Waals surface area contributed by atoms with E-state index >= 15 is 0 Å². The molecule has 0 aromatic rings. The van der Waals surface area contributed by atoms with Crippen molar-refractivity contribution >= 4 is 0 Å². The Bertz CT molecular complexity index is 379. The van der Waals surface area contributed by atoms with E-state index in [2.05, 4.69) is 32.9 Å². The molecule has 1 N–H and O–H groups in total. The second-order valence-electron chi connectivity index (χ2n) is 6.35. The third-order valence-electron chi connectivity index (χ3n) is 5.49. The Labute approximate surface area is 111 Å². The molecular formula is C16H26O2. The van der Waals surface area contributed by atoms with Crippen LogP contribution in [-0.4, -0.2) is 24.4 Å². The van der Waals surface area contributed by atoms with Crippen molar-refractivity contribution < 1.29 is 9.84 Å². The van der Waals surface area contributed by atoms with Gasteiger partial charge in [-0.1, -0.05) is 32.9 Å². The first-order valence-corrected chi connectivity index (χ1v) is 7.01. The quantitative estimate of drug-likeness (QED) is 0.777. The summed E-state index contributed by atoms with van der Waals surface area (Å²) in [7, 11) is 1.85. The molecule has 18 heavy (non-hydrogen) atoms. The molecule has 0 aromatic carbocycles. The maximum Gasteiger partial charge on any atom is 0.0944 e. The van der Waals surface area contributed by atoms with Crippen LogP contribution in [0.4, 0.5) is 0 Å². The van der Waals surface area contributed by atoms with Gasteiger partial charge in [0.2, 0.25) is 0 Å². The van der Waals surface area contributed by atoms with Crippen molar-refractivity contribution in [3.63, 3.8) is 0 Å². The third-order valence-corrected chi connectivity index (χ3v) is 5.49. The average Bonchev–Trinajstić information content (AvgIpc) is 2.62. The van der Waals surface area contributed by atoms with Crippen molar-refractivity contribution in [2.24, 2.45) is 11.3 Å². The monoisotopic (exact) mass is 250 g/mol. The molecule has 2 heteroatoms. The van der Waals surface area contributed by atoms with E-state index in [1.165, 1.54) is 12.0 Å². The normalized spacial score (nSPS) is 35.3. The fraction of sp³-hybridized carbons (Fsp3) is 0.750. The molecule has 2 rings (SSSR count). The number of allylic oxidation sites excluding steroid dienone is 2. The minimum atomic E-state index is -0.107. The summed E-state index contributed by atoms with van der Waals surface area (Å²) in [5, 5.41) is 9.18. The molecule has 0 spiro atoms. The number of hydrogen-bond acceptors (Lipinski definition) is 2. The van der Waals surface area contributed by atoms with Gasteiger partial charge >= 0.3 is 0 Å². The van der Waals surface area contributed by atoms with Crippen molar-refractivity contribution in [2.75, 3.05) is 13.7 Å². The second-order valence-corrected chi connectivity index (χ2v) is 6.35. The Hall–Kier alpha value is -0.600. The Morgan fingerprint density at radius 3 is 2.44 bits per heavy atom. The molecule has 1 saturated carbocycles. The second kappa shape index (κ2) is 4.82. The summed E-state index contributed by atoms with van der Waals surface area (Å²) in [5.74, 6) is 0.682. The first-order valence-electron chi connectivity index (χ1n) is 7.01. The molecule has 0 saturated heterocycles. The highest BCUT2D eigenvalue weighted by atomic mass is 16.5. The van der Waals surface area contributed by atoms with Crippen LogP contribution in [0.25, 0.3) is 0 Å². The molecule has 1 fully saturated rings. The van der Waals surface area contributed by atoms with Gasteiger partial charge in [-0.2, -0.15) is 0 Å². The SMILES string of the molecule is CO[C@@]1(C2=CCC(CO)=CC2)CC[C@H](C)C1(C)C. The zero-order chi connectivity index (χ0) is 13.4. The van der Waals surface area contributed by atoms with E-state index < -0.39 is 0 Å². The van der Waals surface area contributed by atoms with E-state index in [1.54, 1.807) is 0 Å².